The Kier molecular flexibility index (Phi) is 6.84. The van der Waals surface area contributed by atoms with E-state index in [1.165, 1.54) is 0 Å². The molecule has 0 radical (unpaired) electrons. The summed E-state index contributed by atoms with van der Waals surface area (Å²) in [6.07, 6.45) is 4.72. The molecule has 0 aromatic rings. The number of amides is 1. The minimum atomic E-state index is -0.704. The maximum absolute atomic E-state index is 11.7. The van der Waals surface area contributed by atoms with E-state index in [-0.39, 0.29) is 23.8 Å². The first-order chi connectivity index (χ1) is 9.06. The first-order valence-corrected chi connectivity index (χ1v) is 7.30. The summed E-state index contributed by atoms with van der Waals surface area (Å²) in [6, 6.07) is -0.257. The maximum atomic E-state index is 11.7. The minimum absolute atomic E-state index is 0.00155. The fourth-order valence-electron chi connectivity index (χ4n) is 2.57. The lowest BCUT2D eigenvalue weighted by molar-refractivity contribution is -0.142. The smallest absolute Gasteiger partial charge is 0.306 e. The molecular formula is C14H26N2O3. The number of rotatable bonds is 8. The molecule has 0 heterocycles. The molecule has 0 bridgehead atoms. The van der Waals surface area contributed by atoms with E-state index in [1.807, 2.05) is 6.92 Å². The first-order valence-electron chi connectivity index (χ1n) is 7.30. The molecule has 3 atom stereocenters. The highest BCUT2D eigenvalue weighted by molar-refractivity contribution is 5.81. The lowest BCUT2D eigenvalue weighted by Gasteiger charge is -2.19. The molecule has 19 heavy (non-hydrogen) atoms. The van der Waals surface area contributed by atoms with Crippen LogP contribution in [0.4, 0.5) is 0 Å². The Morgan fingerprint density at radius 3 is 2.74 bits per heavy atom. The van der Waals surface area contributed by atoms with Crippen LogP contribution < -0.4 is 10.6 Å². The number of carbonyl (C=O) groups excluding carboxylic acids is 1. The summed E-state index contributed by atoms with van der Waals surface area (Å²) in [5.74, 6) is -0.797. The topological polar surface area (TPSA) is 78.4 Å². The fraction of sp³-hybridized carbons (Fsp3) is 0.857. The SMILES string of the molecule is CCCCNC(=O)C(C)NCC1CCCC1C(=O)O. The first kappa shape index (κ1) is 16.0. The van der Waals surface area contributed by atoms with Crippen molar-refractivity contribution < 1.29 is 14.7 Å². The van der Waals surface area contributed by atoms with Crippen LogP contribution in [0.15, 0.2) is 0 Å². The molecule has 5 heteroatoms. The summed E-state index contributed by atoms with van der Waals surface area (Å²) in [5, 5.41) is 15.1. The Labute approximate surface area is 115 Å². The van der Waals surface area contributed by atoms with Gasteiger partial charge in [0.25, 0.3) is 0 Å². The predicted molar refractivity (Wildman–Crippen MR) is 73.8 cm³/mol. The lowest BCUT2D eigenvalue weighted by atomic mass is 9.96. The molecule has 0 aromatic heterocycles. The van der Waals surface area contributed by atoms with Crippen LogP contribution in [-0.4, -0.2) is 36.1 Å². The molecule has 0 aromatic carbocycles. The largest absolute Gasteiger partial charge is 0.481 e. The highest BCUT2D eigenvalue weighted by Crippen LogP contribution is 2.31. The summed E-state index contributed by atoms with van der Waals surface area (Å²) in [7, 11) is 0. The summed E-state index contributed by atoms with van der Waals surface area (Å²) >= 11 is 0. The van der Waals surface area contributed by atoms with Gasteiger partial charge in [0.2, 0.25) is 5.91 Å². The normalized spacial score (nSPS) is 24.1. The van der Waals surface area contributed by atoms with E-state index < -0.39 is 5.97 Å². The van der Waals surface area contributed by atoms with E-state index in [4.69, 9.17) is 5.11 Å². The van der Waals surface area contributed by atoms with Gasteiger partial charge < -0.3 is 15.7 Å². The molecule has 3 N–H and O–H groups in total. The second-order valence-electron chi connectivity index (χ2n) is 5.41. The van der Waals surface area contributed by atoms with Gasteiger partial charge in [-0.15, -0.1) is 0 Å². The zero-order valence-electron chi connectivity index (χ0n) is 11.9. The number of hydrogen-bond acceptors (Lipinski definition) is 3. The maximum Gasteiger partial charge on any atom is 0.306 e. The van der Waals surface area contributed by atoms with Crippen molar-refractivity contribution in [3.05, 3.63) is 0 Å². The van der Waals surface area contributed by atoms with Gasteiger partial charge in [0, 0.05) is 6.54 Å². The van der Waals surface area contributed by atoms with Gasteiger partial charge in [-0.1, -0.05) is 19.8 Å². The third-order valence-corrected chi connectivity index (χ3v) is 3.89. The molecule has 3 unspecified atom stereocenters. The molecule has 0 saturated heterocycles. The molecule has 1 fully saturated rings. The number of unbranched alkanes of at least 4 members (excludes halogenated alkanes) is 1. The van der Waals surface area contributed by atoms with Crippen LogP contribution >= 0.6 is 0 Å². The van der Waals surface area contributed by atoms with E-state index in [0.717, 1.165) is 32.1 Å². The Balaban J connectivity index is 2.27. The summed E-state index contributed by atoms with van der Waals surface area (Å²) in [6.45, 7) is 5.23. The van der Waals surface area contributed by atoms with Gasteiger partial charge in [0.15, 0.2) is 0 Å². The lowest BCUT2D eigenvalue weighted by Crippen LogP contribution is -2.44. The van der Waals surface area contributed by atoms with Crippen molar-refractivity contribution in [2.45, 2.75) is 52.0 Å². The van der Waals surface area contributed by atoms with Crippen molar-refractivity contribution in [1.29, 1.82) is 0 Å². The van der Waals surface area contributed by atoms with Gasteiger partial charge in [-0.25, -0.2) is 0 Å². The molecule has 1 aliphatic carbocycles. The van der Waals surface area contributed by atoms with Gasteiger partial charge in [0.05, 0.1) is 12.0 Å². The monoisotopic (exact) mass is 270 g/mol. The fourth-order valence-corrected chi connectivity index (χ4v) is 2.57. The third kappa shape index (κ3) is 5.19. The van der Waals surface area contributed by atoms with Crippen molar-refractivity contribution in [2.75, 3.05) is 13.1 Å². The van der Waals surface area contributed by atoms with E-state index >= 15 is 0 Å². The van der Waals surface area contributed by atoms with Crippen LogP contribution in [0.1, 0.15) is 46.0 Å². The minimum Gasteiger partial charge on any atom is -0.481 e. The second-order valence-corrected chi connectivity index (χ2v) is 5.41. The quantitative estimate of drug-likeness (QED) is 0.582. The van der Waals surface area contributed by atoms with E-state index in [2.05, 4.69) is 17.6 Å². The van der Waals surface area contributed by atoms with Crippen molar-refractivity contribution in [1.82, 2.24) is 10.6 Å². The van der Waals surface area contributed by atoms with Crippen LogP contribution in [0.5, 0.6) is 0 Å². The second kappa shape index (κ2) is 8.15. The molecule has 1 aliphatic rings. The van der Waals surface area contributed by atoms with Gasteiger partial charge in [0.1, 0.15) is 0 Å². The molecule has 0 spiro atoms. The van der Waals surface area contributed by atoms with Crippen LogP contribution in [0, 0.1) is 11.8 Å². The van der Waals surface area contributed by atoms with Crippen LogP contribution in [-0.2, 0) is 9.59 Å². The van der Waals surface area contributed by atoms with Crippen LogP contribution in [0.3, 0.4) is 0 Å². The number of carboxylic acids is 1. The molecule has 1 rings (SSSR count). The van der Waals surface area contributed by atoms with Crippen molar-refractivity contribution in [3.8, 4) is 0 Å². The number of carbonyl (C=O) groups is 2. The molecule has 1 saturated carbocycles. The highest BCUT2D eigenvalue weighted by atomic mass is 16.4. The van der Waals surface area contributed by atoms with Gasteiger partial charge >= 0.3 is 5.97 Å². The highest BCUT2D eigenvalue weighted by Gasteiger charge is 2.32. The summed E-state index contributed by atoms with van der Waals surface area (Å²) < 4.78 is 0. The Hall–Kier alpha value is -1.10. The zero-order valence-corrected chi connectivity index (χ0v) is 11.9. The Bertz CT molecular complexity index is 307. The molecule has 1 amide bonds. The van der Waals surface area contributed by atoms with Crippen molar-refractivity contribution in [3.63, 3.8) is 0 Å². The van der Waals surface area contributed by atoms with Gasteiger partial charge in [-0.2, -0.15) is 0 Å². The number of hydrogen-bond donors (Lipinski definition) is 3. The number of aliphatic carboxylic acids is 1. The summed E-state index contributed by atoms with van der Waals surface area (Å²) in [4.78, 5) is 22.8. The number of nitrogens with one attached hydrogen (secondary N) is 2. The van der Waals surface area contributed by atoms with Crippen LogP contribution in [0.25, 0.3) is 0 Å². The van der Waals surface area contributed by atoms with Crippen molar-refractivity contribution in [2.24, 2.45) is 11.8 Å². The molecule has 0 aliphatic heterocycles. The van der Waals surface area contributed by atoms with Gasteiger partial charge in [-0.05, 0) is 38.6 Å². The van der Waals surface area contributed by atoms with E-state index in [9.17, 15) is 9.59 Å². The average molecular weight is 270 g/mol. The standard InChI is InChI=1S/C14H26N2O3/c1-3-4-8-15-13(17)10(2)16-9-11-6-5-7-12(11)14(18)19/h10-12,16H,3-9H2,1-2H3,(H,15,17)(H,18,19). The van der Waals surface area contributed by atoms with Crippen LogP contribution in [0.2, 0.25) is 0 Å². The predicted octanol–water partition coefficient (Wildman–Crippen LogP) is 1.38. The number of carboxylic acid groups (broad SMARTS) is 1. The average Bonchev–Trinajstić information content (AvgIpc) is 2.84. The third-order valence-electron chi connectivity index (χ3n) is 3.89. The van der Waals surface area contributed by atoms with E-state index in [0.29, 0.717) is 13.1 Å². The Morgan fingerprint density at radius 1 is 1.37 bits per heavy atom. The van der Waals surface area contributed by atoms with Gasteiger partial charge in [-0.3, -0.25) is 9.59 Å². The molecule has 5 nitrogen and oxygen atoms in total. The molecule has 110 valence electrons. The Morgan fingerprint density at radius 2 is 2.11 bits per heavy atom. The van der Waals surface area contributed by atoms with Crippen molar-refractivity contribution >= 4 is 11.9 Å². The molecular weight excluding hydrogens is 244 g/mol. The summed E-state index contributed by atoms with van der Waals surface area (Å²) in [5.41, 5.74) is 0. The zero-order chi connectivity index (χ0) is 14.3. The van der Waals surface area contributed by atoms with E-state index in [1.54, 1.807) is 0 Å².